The third kappa shape index (κ3) is 3.03. The van der Waals surface area contributed by atoms with Crippen molar-refractivity contribution in [2.75, 3.05) is 26.2 Å². The van der Waals surface area contributed by atoms with Crippen LogP contribution in [0, 0.1) is 22.7 Å². The highest BCUT2D eigenvalue weighted by Gasteiger charge is 2.63. The predicted octanol–water partition coefficient (Wildman–Crippen LogP) is 3.72. The van der Waals surface area contributed by atoms with Gasteiger partial charge in [0, 0.05) is 29.7 Å². The van der Waals surface area contributed by atoms with Crippen LogP contribution in [0.15, 0.2) is 32.9 Å². The molecule has 7 heteroatoms. The number of Topliss-reactive ketones (excluding diaryl/α,β-unsaturated/α-hetero) is 1. The van der Waals surface area contributed by atoms with Gasteiger partial charge in [-0.15, -0.1) is 5.11 Å². The zero-order valence-corrected chi connectivity index (χ0v) is 19.5. The van der Waals surface area contributed by atoms with Crippen LogP contribution in [0.4, 0.5) is 0 Å². The van der Waals surface area contributed by atoms with E-state index in [0.717, 1.165) is 41.4 Å². The number of nitrogens with one attached hydrogen (secondary N) is 1. The van der Waals surface area contributed by atoms with Crippen molar-refractivity contribution in [3.05, 3.63) is 22.7 Å². The van der Waals surface area contributed by atoms with Crippen LogP contribution in [-0.2, 0) is 14.3 Å². The quantitative estimate of drug-likeness (QED) is 0.712. The Kier molecular flexibility index (Phi) is 4.34. The van der Waals surface area contributed by atoms with E-state index < -0.39 is 5.41 Å². The number of azo groups is 1. The Hall–Kier alpha value is -2.02. The fourth-order valence-electron chi connectivity index (χ4n) is 7.27. The summed E-state index contributed by atoms with van der Waals surface area (Å²) in [5, 5.41) is 12.1. The molecule has 0 aromatic heterocycles. The number of ketones is 1. The number of carbonyl (C=O) groups is 2. The molecule has 1 N–H and O–H groups in total. The molecule has 3 atom stereocenters. The van der Waals surface area contributed by atoms with E-state index in [0.29, 0.717) is 45.0 Å². The molecule has 172 valence electrons. The van der Waals surface area contributed by atoms with E-state index in [1.807, 2.05) is 4.90 Å². The zero-order chi connectivity index (χ0) is 22.3. The van der Waals surface area contributed by atoms with Crippen LogP contribution >= 0.6 is 0 Å². The summed E-state index contributed by atoms with van der Waals surface area (Å²) < 4.78 is 6.47. The van der Waals surface area contributed by atoms with Crippen molar-refractivity contribution >= 4 is 11.7 Å². The van der Waals surface area contributed by atoms with Gasteiger partial charge in [-0.05, 0) is 42.9 Å². The molecule has 1 amide bonds. The number of hydrogen-bond acceptors (Lipinski definition) is 6. The van der Waals surface area contributed by atoms with E-state index in [9.17, 15) is 9.59 Å². The van der Waals surface area contributed by atoms with Crippen molar-refractivity contribution < 1.29 is 14.3 Å². The SMILES string of the molecule is CC1CCC(CC(=O)N2CC3(C2)CC2(CO3)C3=C(N=NC3)NC3=C2C(=O)CC(C)(C)C3)C1. The Labute approximate surface area is 189 Å². The maximum absolute atomic E-state index is 13.4. The van der Waals surface area contributed by atoms with E-state index in [2.05, 4.69) is 36.3 Å². The second-order valence-corrected chi connectivity index (χ2v) is 12.1. The lowest BCUT2D eigenvalue weighted by molar-refractivity contribution is -0.158. The maximum atomic E-state index is 13.4. The van der Waals surface area contributed by atoms with Crippen LogP contribution in [0.1, 0.15) is 65.7 Å². The number of allylic oxidation sites excluding steroid dienone is 1. The number of rotatable bonds is 2. The molecule has 4 heterocycles. The summed E-state index contributed by atoms with van der Waals surface area (Å²) in [5.41, 5.74) is 2.17. The fraction of sp³-hybridized carbons (Fsp3) is 0.760. The Morgan fingerprint density at radius 2 is 2.06 bits per heavy atom. The Bertz CT molecular complexity index is 987. The smallest absolute Gasteiger partial charge is 0.223 e. The molecule has 2 spiro atoms. The molecule has 0 aromatic carbocycles. The second kappa shape index (κ2) is 6.75. The van der Waals surface area contributed by atoms with Crippen molar-refractivity contribution in [1.82, 2.24) is 10.2 Å². The number of fused-ring (bicyclic) bond motifs is 2. The van der Waals surface area contributed by atoms with Crippen molar-refractivity contribution in [2.24, 2.45) is 32.9 Å². The molecule has 2 saturated heterocycles. The van der Waals surface area contributed by atoms with Gasteiger partial charge in [-0.3, -0.25) is 9.59 Å². The highest BCUT2D eigenvalue weighted by atomic mass is 16.5. The van der Waals surface area contributed by atoms with Crippen molar-refractivity contribution in [1.29, 1.82) is 0 Å². The summed E-state index contributed by atoms with van der Waals surface area (Å²) in [6.07, 6.45) is 6.42. The van der Waals surface area contributed by atoms with Crippen molar-refractivity contribution in [3.8, 4) is 0 Å². The molecular weight excluding hydrogens is 404 g/mol. The minimum atomic E-state index is -0.441. The summed E-state index contributed by atoms with van der Waals surface area (Å²) in [6, 6.07) is 0. The van der Waals surface area contributed by atoms with Crippen LogP contribution in [-0.4, -0.2) is 48.4 Å². The Morgan fingerprint density at radius 1 is 1.25 bits per heavy atom. The number of dihydropyridines is 1. The van der Waals surface area contributed by atoms with Crippen LogP contribution in [0.2, 0.25) is 0 Å². The van der Waals surface area contributed by atoms with Gasteiger partial charge in [0.05, 0.1) is 31.7 Å². The van der Waals surface area contributed by atoms with Crippen molar-refractivity contribution in [2.45, 2.75) is 71.3 Å². The van der Waals surface area contributed by atoms with E-state index >= 15 is 0 Å². The van der Waals surface area contributed by atoms with Gasteiger partial charge in [-0.1, -0.05) is 27.2 Å². The predicted molar refractivity (Wildman–Crippen MR) is 118 cm³/mol. The lowest BCUT2D eigenvalue weighted by Gasteiger charge is -2.49. The van der Waals surface area contributed by atoms with Gasteiger partial charge in [-0.2, -0.15) is 5.11 Å². The summed E-state index contributed by atoms with van der Waals surface area (Å²) in [7, 11) is 0. The van der Waals surface area contributed by atoms with Crippen LogP contribution < -0.4 is 5.32 Å². The summed E-state index contributed by atoms with van der Waals surface area (Å²) >= 11 is 0. The summed E-state index contributed by atoms with van der Waals surface area (Å²) in [4.78, 5) is 28.3. The lowest BCUT2D eigenvalue weighted by atomic mass is 9.61. The first-order chi connectivity index (χ1) is 15.2. The zero-order valence-electron chi connectivity index (χ0n) is 19.5. The van der Waals surface area contributed by atoms with E-state index in [1.54, 1.807) is 0 Å². The Balaban J connectivity index is 1.22. The number of amides is 1. The largest absolute Gasteiger partial charge is 0.370 e. The van der Waals surface area contributed by atoms with E-state index in [-0.39, 0.29) is 22.7 Å². The molecule has 6 aliphatic rings. The molecule has 4 aliphatic heterocycles. The van der Waals surface area contributed by atoms with Crippen LogP contribution in [0.5, 0.6) is 0 Å². The molecule has 0 bridgehead atoms. The second-order valence-electron chi connectivity index (χ2n) is 12.1. The molecule has 2 aliphatic carbocycles. The summed E-state index contributed by atoms with van der Waals surface area (Å²) in [6.45, 7) is 8.88. The number of nitrogens with zero attached hydrogens (tertiary/aromatic N) is 3. The standard InChI is InChI=1S/C25H34N4O3/c1-15-4-5-16(6-15)7-20(31)29-12-24(13-29)11-25(14-32-24)17-10-26-28-22(17)27-18-8-23(2,3)9-19(30)21(18)25/h15-16,27H,4-14H2,1-3H3. The molecule has 0 aromatic rings. The van der Waals surface area contributed by atoms with Crippen LogP contribution in [0.3, 0.4) is 0 Å². The molecular formula is C25H34N4O3. The first-order valence-electron chi connectivity index (χ1n) is 12.3. The monoisotopic (exact) mass is 438 g/mol. The third-order valence-corrected chi connectivity index (χ3v) is 8.71. The normalized spacial score (nSPS) is 36.6. The minimum absolute atomic E-state index is 0.0630. The van der Waals surface area contributed by atoms with Gasteiger partial charge >= 0.3 is 0 Å². The molecule has 3 fully saturated rings. The minimum Gasteiger partial charge on any atom is -0.370 e. The van der Waals surface area contributed by atoms with Gasteiger partial charge in [0.1, 0.15) is 5.60 Å². The Morgan fingerprint density at radius 3 is 2.81 bits per heavy atom. The van der Waals surface area contributed by atoms with Gasteiger partial charge in [0.2, 0.25) is 5.91 Å². The molecule has 3 unspecified atom stereocenters. The third-order valence-electron chi connectivity index (χ3n) is 8.71. The van der Waals surface area contributed by atoms with Gasteiger partial charge in [0.15, 0.2) is 11.6 Å². The average molecular weight is 439 g/mol. The molecule has 32 heavy (non-hydrogen) atoms. The number of carbonyl (C=O) groups excluding carboxylic acids is 2. The molecule has 0 radical (unpaired) electrons. The van der Waals surface area contributed by atoms with Gasteiger partial charge in [-0.25, -0.2) is 0 Å². The topological polar surface area (TPSA) is 83.4 Å². The van der Waals surface area contributed by atoms with Crippen molar-refractivity contribution in [3.63, 3.8) is 0 Å². The van der Waals surface area contributed by atoms with E-state index in [1.165, 1.54) is 19.3 Å². The highest BCUT2D eigenvalue weighted by molar-refractivity contribution is 6.00. The fourth-order valence-corrected chi connectivity index (χ4v) is 7.27. The number of likely N-dealkylation sites (tertiary alicyclic amines) is 1. The first kappa shape index (κ1) is 20.6. The van der Waals surface area contributed by atoms with E-state index in [4.69, 9.17) is 4.74 Å². The van der Waals surface area contributed by atoms with Crippen LogP contribution in [0.25, 0.3) is 0 Å². The number of hydrogen-bond donors (Lipinski definition) is 1. The molecule has 1 saturated carbocycles. The molecule has 6 rings (SSSR count). The highest BCUT2D eigenvalue weighted by Crippen LogP contribution is 2.58. The lowest BCUT2D eigenvalue weighted by Crippen LogP contribution is -2.63. The van der Waals surface area contributed by atoms with Gasteiger partial charge < -0.3 is 15.0 Å². The van der Waals surface area contributed by atoms with Gasteiger partial charge in [0.25, 0.3) is 0 Å². The maximum Gasteiger partial charge on any atom is 0.223 e. The summed E-state index contributed by atoms with van der Waals surface area (Å²) in [5.74, 6) is 2.60. The molecule has 7 nitrogen and oxygen atoms in total. The average Bonchev–Trinajstić information content (AvgIpc) is 3.38. The first-order valence-corrected chi connectivity index (χ1v) is 12.3. The number of ether oxygens (including phenoxy) is 1.